The number of aromatic nitrogens is 1. The van der Waals surface area contributed by atoms with E-state index in [1.165, 1.54) is 26.5 Å². The van der Waals surface area contributed by atoms with E-state index in [0.717, 1.165) is 18.6 Å². The Morgan fingerprint density at radius 3 is 2.34 bits per heavy atom. The highest BCUT2D eigenvalue weighted by Crippen LogP contribution is 2.29. The van der Waals surface area contributed by atoms with E-state index in [1.807, 2.05) is 6.92 Å². The molecule has 0 aliphatic rings. The Balaban J connectivity index is 1.90. The van der Waals surface area contributed by atoms with Gasteiger partial charge in [0.2, 0.25) is 5.43 Å². The van der Waals surface area contributed by atoms with Crippen molar-refractivity contribution in [3.05, 3.63) is 88.2 Å². The van der Waals surface area contributed by atoms with Crippen LogP contribution in [0.1, 0.15) is 23.7 Å². The summed E-state index contributed by atoms with van der Waals surface area (Å²) in [5, 5.41) is 2.62. The fourth-order valence-electron chi connectivity index (χ4n) is 3.84. The molecule has 10 heteroatoms. The molecule has 1 aromatic heterocycles. The van der Waals surface area contributed by atoms with Gasteiger partial charge in [0.1, 0.15) is 34.4 Å². The number of ether oxygens (including phenoxy) is 4. The number of nitrogens with one attached hydrogen (secondary N) is 1. The lowest BCUT2D eigenvalue weighted by molar-refractivity contribution is 0.0512. The van der Waals surface area contributed by atoms with Gasteiger partial charge in [-0.25, -0.2) is 8.78 Å². The van der Waals surface area contributed by atoms with Crippen molar-refractivity contribution >= 4 is 22.5 Å². The van der Waals surface area contributed by atoms with Crippen molar-refractivity contribution in [2.24, 2.45) is 0 Å². The van der Waals surface area contributed by atoms with Gasteiger partial charge in [0.05, 0.1) is 24.9 Å². The average molecular weight is 525 g/mol. The molecule has 0 saturated heterocycles. The summed E-state index contributed by atoms with van der Waals surface area (Å²) in [5.41, 5.74) is 0.0289. The second-order valence-corrected chi connectivity index (χ2v) is 8.30. The molecule has 1 heterocycles. The maximum absolute atomic E-state index is 13.7. The highest BCUT2D eigenvalue weighted by atomic mass is 19.1. The summed E-state index contributed by atoms with van der Waals surface area (Å²) in [6.45, 7) is 2.45. The van der Waals surface area contributed by atoms with E-state index < -0.39 is 23.0 Å². The van der Waals surface area contributed by atoms with E-state index in [-0.39, 0.29) is 23.4 Å². The number of nitrogens with zero attached hydrogens (tertiary/aromatic N) is 1. The normalized spacial score (nSPS) is 10.9. The molecule has 0 aliphatic heterocycles. The third kappa shape index (κ3) is 5.92. The number of fused-ring (bicyclic) bond motifs is 1. The average Bonchev–Trinajstić information content (AvgIpc) is 2.90. The Morgan fingerprint density at radius 1 is 0.921 bits per heavy atom. The quantitative estimate of drug-likeness (QED) is 0.283. The summed E-state index contributed by atoms with van der Waals surface area (Å²) in [4.78, 5) is 26.6. The molecule has 0 saturated carbocycles. The summed E-state index contributed by atoms with van der Waals surface area (Å²) in [6, 6.07) is 12.5. The zero-order valence-electron chi connectivity index (χ0n) is 21.0. The van der Waals surface area contributed by atoms with E-state index in [0.29, 0.717) is 41.1 Å². The molecular weight excluding hydrogens is 498 g/mol. The van der Waals surface area contributed by atoms with Crippen molar-refractivity contribution in [1.29, 1.82) is 0 Å². The number of amides is 1. The molecule has 0 bridgehead atoms. The number of anilines is 1. The van der Waals surface area contributed by atoms with Crippen molar-refractivity contribution in [3.63, 3.8) is 0 Å². The van der Waals surface area contributed by atoms with Crippen LogP contribution in [-0.4, -0.2) is 38.1 Å². The van der Waals surface area contributed by atoms with Crippen LogP contribution in [0.15, 0.2) is 65.6 Å². The summed E-state index contributed by atoms with van der Waals surface area (Å²) in [7, 11) is 3.00. The largest absolute Gasteiger partial charge is 0.497 e. The summed E-state index contributed by atoms with van der Waals surface area (Å²) >= 11 is 0. The maximum Gasteiger partial charge on any atom is 0.261 e. The van der Waals surface area contributed by atoms with Crippen LogP contribution in [0.5, 0.6) is 17.2 Å². The molecule has 38 heavy (non-hydrogen) atoms. The van der Waals surface area contributed by atoms with Crippen molar-refractivity contribution in [2.75, 3.05) is 32.9 Å². The topological polar surface area (TPSA) is 88.0 Å². The number of halogens is 2. The predicted octanol–water partition coefficient (Wildman–Crippen LogP) is 5.30. The second kappa shape index (κ2) is 11.7. The zero-order chi connectivity index (χ0) is 27.2. The molecule has 0 spiro atoms. The number of methoxy groups -OCH3 is 2. The van der Waals surface area contributed by atoms with Crippen LogP contribution in [0, 0.1) is 11.6 Å². The maximum atomic E-state index is 13.7. The lowest BCUT2D eigenvalue weighted by Crippen LogP contribution is -2.24. The number of pyridine rings is 1. The monoisotopic (exact) mass is 524 g/mol. The zero-order valence-corrected chi connectivity index (χ0v) is 21.0. The molecular formula is C28H26F2N2O6. The minimum absolute atomic E-state index is 0.00537. The Hall–Kier alpha value is -4.44. The molecule has 1 N–H and O–H groups in total. The van der Waals surface area contributed by atoms with Crippen molar-refractivity contribution < 1.29 is 32.5 Å². The Morgan fingerprint density at radius 2 is 1.66 bits per heavy atom. The van der Waals surface area contributed by atoms with E-state index >= 15 is 0 Å². The van der Waals surface area contributed by atoms with E-state index in [4.69, 9.17) is 18.9 Å². The van der Waals surface area contributed by atoms with Crippen molar-refractivity contribution in [2.45, 2.75) is 13.3 Å². The molecule has 1 amide bonds. The molecule has 8 nitrogen and oxygen atoms in total. The first-order valence-corrected chi connectivity index (χ1v) is 11.7. The second-order valence-electron chi connectivity index (χ2n) is 8.30. The van der Waals surface area contributed by atoms with Gasteiger partial charge in [-0.3, -0.25) is 9.59 Å². The molecule has 198 valence electrons. The number of hydrogen-bond acceptors (Lipinski definition) is 6. The van der Waals surface area contributed by atoms with Gasteiger partial charge in [0.15, 0.2) is 6.79 Å². The van der Waals surface area contributed by atoms with Gasteiger partial charge in [-0.1, -0.05) is 6.92 Å². The molecule has 4 aromatic rings. The Bertz CT molecular complexity index is 1520. The minimum Gasteiger partial charge on any atom is -0.497 e. The first-order chi connectivity index (χ1) is 18.3. The van der Waals surface area contributed by atoms with Crippen LogP contribution in [0.25, 0.3) is 16.6 Å². The first-order valence-electron chi connectivity index (χ1n) is 11.7. The van der Waals surface area contributed by atoms with Gasteiger partial charge in [0, 0.05) is 54.7 Å². The predicted molar refractivity (Wildman–Crippen MR) is 139 cm³/mol. The fourth-order valence-corrected chi connectivity index (χ4v) is 3.84. The lowest BCUT2D eigenvalue weighted by Gasteiger charge is -2.17. The van der Waals surface area contributed by atoms with Crippen LogP contribution in [0.4, 0.5) is 14.5 Å². The molecule has 0 unspecified atom stereocenters. The summed E-state index contributed by atoms with van der Waals surface area (Å²) < 4.78 is 50.8. The number of benzene rings is 3. The molecule has 0 fully saturated rings. The van der Waals surface area contributed by atoms with E-state index in [1.54, 1.807) is 34.9 Å². The number of carbonyl (C=O) groups excluding carboxylic acids is 1. The Kier molecular flexibility index (Phi) is 8.22. The van der Waals surface area contributed by atoms with Crippen LogP contribution in [-0.2, 0) is 4.74 Å². The lowest BCUT2D eigenvalue weighted by atomic mass is 10.1. The van der Waals surface area contributed by atoms with Crippen LogP contribution >= 0.6 is 0 Å². The standard InChI is InChI=1S/C28H26F2N2O6/c1-4-7-37-23-12-20(11-22(13-23)36-3)32-15-25(28(34)31-19-9-17(29)8-18(30)10-19)27(33)24-6-5-21(14-26(24)32)38-16-35-2/h5-6,8-15H,4,7,16H2,1-3H3,(H,31,34). The van der Waals surface area contributed by atoms with Crippen LogP contribution in [0.3, 0.4) is 0 Å². The molecule has 4 rings (SSSR count). The number of carbonyl (C=O) groups is 1. The van der Waals surface area contributed by atoms with Gasteiger partial charge in [-0.15, -0.1) is 0 Å². The van der Waals surface area contributed by atoms with Gasteiger partial charge in [0.25, 0.3) is 5.91 Å². The minimum atomic E-state index is -0.865. The van der Waals surface area contributed by atoms with Gasteiger partial charge >= 0.3 is 0 Å². The van der Waals surface area contributed by atoms with Crippen molar-refractivity contribution in [1.82, 2.24) is 4.57 Å². The number of hydrogen-bond donors (Lipinski definition) is 1. The molecule has 3 aromatic carbocycles. The highest BCUT2D eigenvalue weighted by molar-refractivity contribution is 6.06. The third-order valence-corrected chi connectivity index (χ3v) is 5.54. The molecule has 0 aliphatic carbocycles. The van der Waals surface area contributed by atoms with E-state index in [2.05, 4.69) is 5.32 Å². The van der Waals surface area contributed by atoms with E-state index in [9.17, 15) is 18.4 Å². The SMILES string of the molecule is CCCOc1cc(OC)cc(-n2cc(C(=O)Nc3cc(F)cc(F)c3)c(=O)c3ccc(OCOC)cc32)c1. The summed E-state index contributed by atoms with van der Waals surface area (Å²) in [6.07, 6.45) is 2.15. The van der Waals surface area contributed by atoms with Crippen LogP contribution in [0.2, 0.25) is 0 Å². The molecule has 0 atom stereocenters. The van der Waals surface area contributed by atoms with Gasteiger partial charge < -0.3 is 28.8 Å². The summed E-state index contributed by atoms with van der Waals surface area (Å²) in [5.74, 6) is -1.10. The van der Waals surface area contributed by atoms with Gasteiger partial charge in [-0.05, 0) is 30.7 Å². The first kappa shape index (κ1) is 26.6. The van der Waals surface area contributed by atoms with Crippen molar-refractivity contribution in [3.8, 4) is 22.9 Å². The third-order valence-electron chi connectivity index (χ3n) is 5.54. The molecule has 0 radical (unpaired) electrons. The Labute approximate surface area is 217 Å². The van der Waals surface area contributed by atoms with Crippen LogP contribution < -0.4 is 25.0 Å². The number of rotatable bonds is 10. The van der Waals surface area contributed by atoms with Gasteiger partial charge in [-0.2, -0.15) is 0 Å². The smallest absolute Gasteiger partial charge is 0.261 e. The fraction of sp³-hybridized carbons (Fsp3) is 0.214. The highest BCUT2D eigenvalue weighted by Gasteiger charge is 2.19.